The van der Waals surface area contributed by atoms with E-state index in [1.807, 2.05) is 0 Å². The van der Waals surface area contributed by atoms with E-state index in [9.17, 15) is 0 Å². The highest BCUT2D eigenvalue weighted by Gasteiger charge is 2.24. The van der Waals surface area contributed by atoms with Crippen molar-refractivity contribution in [2.24, 2.45) is 5.73 Å². The second-order valence-corrected chi connectivity index (χ2v) is 3.55. The summed E-state index contributed by atoms with van der Waals surface area (Å²) in [6.45, 7) is 4.97. The van der Waals surface area contributed by atoms with Crippen LogP contribution >= 0.6 is 0 Å². The molecule has 1 rings (SSSR count). The largest absolute Gasteiger partial charge is 0.372 e. The van der Waals surface area contributed by atoms with Gasteiger partial charge >= 0.3 is 0 Å². The van der Waals surface area contributed by atoms with Crippen molar-refractivity contribution in [3.05, 3.63) is 0 Å². The number of hydrogen-bond donors (Lipinski definition) is 1. The average molecular weight is 172 g/mol. The van der Waals surface area contributed by atoms with Crippen molar-refractivity contribution < 1.29 is 4.74 Å². The standard InChI is InChI=1S/C9H20N2O/c1-3-11(2)7-9-5-4-8(6-10)12-9/h8-9H,3-7,10H2,1-2H3. The molecule has 0 aromatic heterocycles. The monoisotopic (exact) mass is 172 g/mol. The van der Waals surface area contributed by atoms with Gasteiger partial charge in [-0.3, -0.25) is 0 Å². The van der Waals surface area contributed by atoms with E-state index in [1.54, 1.807) is 0 Å². The number of likely N-dealkylation sites (N-methyl/N-ethyl adjacent to an activating group) is 1. The van der Waals surface area contributed by atoms with E-state index in [4.69, 9.17) is 10.5 Å². The van der Waals surface area contributed by atoms with Crippen LogP contribution in [-0.2, 0) is 4.74 Å². The lowest BCUT2D eigenvalue weighted by atomic mass is 10.2. The Kier molecular flexibility index (Phi) is 3.98. The number of ether oxygens (including phenoxy) is 1. The minimum Gasteiger partial charge on any atom is -0.372 e. The quantitative estimate of drug-likeness (QED) is 0.669. The smallest absolute Gasteiger partial charge is 0.0707 e. The number of nitrogens with zero attached hydrogens (tertiary/aromatic N) is 1. The Morgan fingerprint density at radius 3 is 2.58 bits per heavy atom. The molecule has 2 unspecified atom stereocenters. The molecule has 0 aromatic carbocycles. The fourth-order valence-corrected chi connectivity index (χ4v) is 1.56. The Balaban J connectivity index is 2.18. The molecule has 1 heterocycles. The maximum absolute atomic E-state index is 5.72. The Bertz CT molecular complexity index is 130. The Labute approximate surface area is 74.9 Å². The summed E-state index contributed by atoms with van der Waals surface area (Å²) in [6, 6.07) is 0. The molecule has 0 saturated carbocycles. The van der Waals surface area contributed by atoms with Crippen molar-refractivity contribution in [2.45, 2.75) is 32.0 Å². The van der Waals surface area contributed by atoms with Crippen LogP contribution in [0.1, 0.15) is 19.8 Å². The van der Waals surface area contributed by atoms with Gasteiger partial charge in [0, 0.05) is 13.1 Å². The van der Waals surface area contributed by atoms with Crippen LogP contribution in [0.5, 0.6) is 0 Å². The Morgan fingerprint density at radius 2 is 2.08 bits per heavy atom. The number of hydrogen-bond acceptors (Lipinski definition) is 3. The highest BCUT2D eigenvalue weighted by molar-refractivity contribution is 4.75. The molecule has 2 N–H and O–H groups in total. The highest BCUT2D eigenvalue weighted by Crippen LogP contribution is 2.19. The van der Waals surface area contributed by atoms with Crippen LogP contribution in [0.25, 0.3) is 0 Å². The molecule has 1 saturated heterocycles. The SMILES string of the molecule is CCN(C)CC1CCC(CN)O1. The minimum atomic E-state index is 0.320. The van der Waals surface area contributed by atoms with Gasteiger partial charge in [-0.05, 0) is 26.4 Å². The van der Waals surface area contributed by atoms with E-state index in [0.29, 0.717) is 18.8 Å². The first-order valence-electron chi connectivity index (χ1n) is 4.80. The molecular formula is C9H20N2O. The molecule has 0 aromatic rings. The lowest BCUT2D eigenvalue weighted by molar-refractivity contribution is 0.0327. The van der Waals surface area contributed by atoms with Gasteiger partial charge in [0.05, 0.1) is 12.2 Å². The van der Waals surface area contributed by atoms with Crippen molar-refractivity contribution in [2.75, 3.05) is 26.7 Å². The molecule has 0 aliphatic carbocycles. The molecule has 1 aliphatic rings. The second kappa shape index (κ2) is 4.80. The van der Waals surface area contributed by atoms with Crippen LogP contribution in [0.15, 0.2) is 0 Å². The molecule has 0 amide bonds. The van der Waals surface area contributed by atoms with Crippen molar-refractivity contribution >= 4 is 0 Å². The predicted octanol–water partition coefficient (Wildman–Crippen LogP) is 0.444. The lowest BCUT2D eigenvalue weighted by Gasteiger charge is -2.19. The van der Waals surface area contributed by atoms with Crippen molar-refractivity contribution in [3.8, 4) is 0 Å². The maximum atomic E-state index is 5.72. The van der Waals surface area contributed by atoms with E-state index in [1.165, 1.54) is 6.42 Å². The zero-order valence-electron chi connectivity index (χ0n) is 8.12. The highest BCUT2D eigenvalue weighted by atomic mass is 16.5. The van der Waals surface area contributed by atoms with E-state index < -0.39 is 0 Å². The first-order chi connectivity index (χ1) is 5.76. The van der Waals surface area contributed by atoms with Gasteiger partial charge in [0.25, 0.3) is 0 Å². The third kappa shape index (κ3) is 2.73. The van der Waals surface area contributed by atoms with E-state index in [2.05, 4.69) is 18.9 Å². The normalized spacial score (nSPS) is 30.0. The van der Waals surface area contributed by atoms with Gasteiger partial charge in [0.2, 0.25) is 0 Å². The molecule has 12 heavy (non-hydrogen) atoms. The molecule has 3 nitrogen and oxygen atoms in total. The third-order valence-corrected chi connectivity index (χ3v) is 2.51. The Morgan fingerprint density at radius 1 is 1.42 bits per heavy atom. The lowest BCUT2D eigenvalue weighted by Crippen LogP contribution is -2.30. The van der Waals surface area contributed by atoms with Gasteiger partial charge in [-0.25, -0.2) is 0 Å². The first-order valence-corrected chi connectivity index (χ1v) is 4.80. The summed E-state index contributed by atoms with van der Waals surface area (Å²) >= 11 is 0. The van der Waals surface area contributed by atoms with E-state index in [0.717, 1.165) is 19.5 Å². The molecule has 3 heteroatoms. The van der Waals surface area contributed by atoms with Crippen LogP contribution in [0.2, 0.25) is 0 Å². The summed E-state index contributed by atoms with van der Waals surface area (Å²) in [5.41, 5.74) is 5.52. The zero-order chi connectivity index (χ0) is 8.97. The maximum Gasteiger partial charge on any atom is 0.0707 e. The molecular weight excluding hydrogens is 152 g/mol. The van der Waals surface area contributed by atoms with Crippen molar-refractivity contribution in [1.82, 2.24) is 4.90 Å². The van der Waals surface area contributed by atoms with Gasteiger partial charge < -0.3 is 15.4 Å². The van der Waals surface area contributed by atoms with Gasteiger partial charge in [-0.15, -0.1) is 0 Å². The average Bonchev–Trinajstić information content (AvgIpc) is 2.52. The first kappa shape index (κ1) is 9.96. The van der Waals surface area contributed by atoms with Gasteiger partial charge in [-0.1, -0.05) is 6.92 Å². The fraction of sp³-hybridized carbons (Fsp3) is 1.00. The molecule has 1 fully saturated rings. The summed E-state index contributed by atoms with van der Waals surface area (Å²) in [6.07, 6.45) is 3.05. The van der Waals surface area contributed by atoms with Gasteiger partial charge in [0.15, 0.2) is 0 Å². The summed E-state index contributed by atoms with van der Waals surface area (Å²) in [5, 5.41) is 0. The predicted molar refractivity (Wildman–Crippen MR) is 50.1 cm³/mol. The topological polar surface area (TPSA) is 38.5 Å². The molecule has 2 atom stereocenters. The van der Waals surface area contributed by atoms with Crippen LogP contribution in [0.4, 0.5) is 0 Å². The second-order valence-electron chi connectivity index (χ2n) is 3.55. The van der Waals surface area contributed by atoms with E-state index >= 15 is 0 Å². The van der Waals surface area contributed by atoms with Crippen LogP contribution < -0.4 is 5.73 Å². The molecule has 0 radical (unpaired) electrons. The minimum absolute atomic E-state index is 0.320. The molecule has 72 valence electrons. The molecule has 0 spiro atoms. The van der Waals surface area contributed by atoms with E-state index in [-0.39, 0.29) is 0 Å². The van der Waals surface area contributed by atoms with Crippen molar-refractivity contribution in [3.63, 3.8) is 0 Å². The van der Waals surface area contributed by atoms with Crippen LogP contribution in [0, 0.1) is 0 Å². The molecule has 0 bridgehead atoms. The fourth-order valence-electron chi connectivity index (χ4n) is 1.56. The number of nitrogens with two attached hydrogens (primary N) is 1. The van der Waals surface area contributed by atoms with Crippen LogP contribution in [-0.4, -0.2) is 43.8 Å². The number of rotatable bonds is 4. The summed E-state index contributed by atoms with van der Waals surface area (Å²) in [7, 11) is 2.12. The Hall–Kier alpha value is -0.120. The summed E-state index contributed by atoms with van der Waals surface area (Å²) in [4.78, 5) is 2.28. The summed E-state index contributed by atoms with van der Waals surface area (Å²) in [5.74, 6) is 0. The van der Waals surface area contributed by atoms with Gasteiger partial charge in [-0.2, -0.15) is 0 Å². The third-order valence-electron chi connectivity index (χ3n) is 2.51. The van der Waals surface area contributed by atoms with Crippen molar-refractivity contribution in [1.29, 1.82) is 0 Å². The summed E-state index contributed by atoms with van der Waals surface area (Å²) < 4.78 is 5.72. The van der Waals surface area contributed by atoms with Gasteiger partial charge in [0.1, 0.15) is 0 Å². The van der Waals surface area contributed by atoms with Crippen LogP contribution in [0.3, 0.4) is 0 Å². The molecule has 1 aliphatic heterocycles. The zero-order valence-corrected chi connectivity index (χ0v) is 8.12.